The molecule has 0 aromatic heterocycles. The fraction of sp³-hybridized carbons (Fsp3) is 0.150. The molecule has 0 atom stereocenters. The molecule has 28 heavy (non-hydrogen) atoms. The maximum Gasteiger partial charge on any atom is 0.416 e. The van der Waals surface area contributed by atoms with Crippen molar-refractivity contribution >= 4 is 29.6 Å². The summed E-state index contributed by atoms with van der Waals surface area (Å²) in [6, 6.07) is 8.19. The minimum Gasteiger partial charge on any atom is -0.273 e. The first-order chi connectivity index (χ1) is 13.1. The second-order valence-electron chi connectivity index (χ2n) is 6.35. The summed E-state index contributed by atoms with van der Waals surface area (Å²) >= 11 is 0. The van der Waals surface area contributed by atoms with E-state index in [1.54, 1.807) is 25.1 Å². The fourth-order valence-corrected chi connectivity index (χ4v) is 2.73. The molecule has 1 heterocycles. The quantitative estimate of drug-likeness (QED) is 0.625. The summed E-state index contributed by atoms with van der Waals surface area (Å²) in [7, 11) is 0. The molecule has 2 aromatic rings. The number of alkyl halides is 3. The van der Waals surface area contributed by atoms with E-state index < -0.39 is 35.2 Å². The van der Waals surface area contributed by atoms with Crippen LogP contribution in [0.2, 0.25) is 0 Å². The molecule has 8 heteroatoms. The van der Waals surface area contributed by atoms with Gasteiger partial charge in [0.1, 0.15) is 5.57 Å². The van der Waals surface area contributed by atoms with E-state index in [1.165, 1.54) is 12.1 Å². The van der Waals surface area contributed by atoms with E-state index in [-0.39, 0.29) is 11.3 Å². The number of carbonyl (C=O) groups excluding carboxylic acids is 3. The second-order valence-corrected chi connectivity index (χ2v) is 6.35. The summed E-state index contributed by atoms with van der Waals surface area (Å²) in [4.78, 5) is 37.9. The molecule has 0 bridgehead atoms. The molecule has 1 saturated heterocycles. The largest absolute Gasteiger partial charge is 0.416 e. The standard InChI is InChI=1S/C20H15F3N2O3/c1-11-6-7-15(8-12(11)2)25-18(27)16(17(26)24-19(25)28)10-13-4-3-5-14(9-13)20(21,22)23/h3-10H,1-2H3,(H,24,26,28)/b16-10-. The number of nitrogens with zero attached hydrogens (tertiary/aromatic N) is 1. The van der Waals surface area contributed by atoms with Crippen LogP contribution in [0, 0.1) is 13.8 Å². The third-order valence-corrected chi connectivity index (χ3v) is 4.38. The Kier molecular flexibility index (Phi) is 4.80. The van der Waals surface area contributed by atoms with Gasteiger partial charge < -0.3 is 0 Å². The van der Waals surface area contributed by atoms with Crippen molar-refractivity contribution < 1.29 is 27.6 Å². The lowest BCUT2D eigenvalue weighted by Crippen LogP contribution is -2.54. The van der Waals surface area contributed by atoms with Crippen LogP contribution in [0.1, 0.15) is 22.3 Å². The molecule has 144 valence electrons. The number of barbiturate groups is 1. The molecule has 5 nitrogen and oxygen atoms in total. The van der Waals surface area contributed by atoms with Crippen molar-refractivity contribution in [2.45, 2.75) is 20.0 Å². The van der Waals surface area contributed by atoms with Gasteiger partial charge in [0.2, 0.25) is 0 Å². The number of imide groups is 2. The SMILES string of the molecule is Cc1ccc(N2C(=O)NC(=O)/C(=C/c3cccc(C(F)(F)F)c3)C2=O)cc1C. The summed E-state index contributed by atoms with van der Waals surface area (Å²) in [5.41, 5.74) is 0.711. The highest BCUT2D eigenvalue weighted by atomic mass is 19.4. The Balaban J connectivity index is 2.03. The Morgan fingerprint density at radius 1 is 0.964 bits per heavy atom. The van der Waals surface area contributed by atoms with Gasteiger partial charge in [-0.05, 0) is 60.9 Å². The van der Waals surface area contributed by atoms with Crippen molar-refractivity contribution in [3.8, 4) is 0 Å². The van der Waals surface area contributed by atoms with Gasteiger partial charge in [-0.2, -0.15) is 13.2 Å². The third-order valence-electron chi connectivity index (χ3n) is 4.38. The lowest BCUT2D eigenvalue weighted by molar-refractivity contribution is -0.137. The van der Waals surface area contributed by atoms with E-state index in [0.29, 0.717) is 0 Å². The Morgan fingerprint density at radius 2 is 1.68 bits per heavy atom. The van der Waals surface area contributed by atoms with Gasteiger partial charge in [-0.15, -0.1) is 0 Å². The average molecular weight is 388 g/mol. The number of nitrogens with one attached hydrogen (secondary N) is 1. The number of hydrogen-bond donors (Lipinski definition) is 1. The highest BCUT2D eigenvalue weighted by Gasteiger charge is 2.37. The highest BCUT2D eigenvalue weighted by molar-refractivity contribution is 6.39. The topological polar surface area (TPSA) is 66.5 Å². The Labute approximate surface area is 158 Å². The van der Waals surface area contributed by atoms with Crippen molar-refractivity contribution in [3.05, 3.63) is 70.3 Å². The normalized spacial score (nSPS) is 16.5. The molecule has 0 radical (unpaired) electrons. The van der Waals surface area contributed by atoms with Crippen LogP contribution in [0.25, 0.3) is 6.08 Å². The van der Waals surface area contributed by atoms with E-state index in [9.17, 15) is 27.6 Å². The zero-order valence-corrected chi connectivity index (χ0v) is 14.9. The van der Waals surface area contributed by atoms with Gasteiger partial charge in [-0.1, -0.05) is 18.2 Å². The molecular formula is C20H15F3N2O3. The van der Waals surface area contributed by atoms with Gasteiger partial charge in [0.25, 0.3) is 11.8 Å². The predicted octanol–water partition coefficient (Wildman–Crippen LogP) is 3.99. The number of amides is 4. The van der Waals surface area contributed by atoms with Crippen molar-refractivity contribution in [1.29, 1.82) is 0 Å². The van der Waals surface area contributed by atoms with Gasteiger partial charge in [0, 0.05) is 0 Å². The van der Waals surface area contributed by atoms with Crippen LogP contribution in [-0.2, 0) is 15.8 Å². The van der Waals surface area contributed by atoms with E-state index in [1.807, 2.05) is 12.2 Å². The second kappa shape index (κ2) is 6.95. The van der Waals surface area contributed by atoms with Crippen molar-refractivity contribution in [2.75, 3.05) is 4.90 Å². The van der Waals surface area contributed by atoms with E-state index in [0.717, 1.165) is 34.2 Å². The number of rotatable bonds is 2. The summed E-state index contributed by atoms with van der Waals surface area (Å²) in [5.74, 6) is -1.87. The molecule has 3 rings (SSSR count). The molecule has 0 unspecified atom stereocenters. The van der Waals surface area contributed by atoms with Crippen LogP contribution < -0.4 is 10.2 Å². The van der Waals surface area contributed by atoms with Crippen molar-refractivity contribution in [3.63, 3.8) is 0 Å². The summed E-state index contributed by atoms with van der Waals surface area (Å²) in [5, 5.41) is 2.04. The highest BCUT2D eigenvalue weighted by Crippen LogP contribution is 2.30. The minimum atomic E-state index is -4.56. The van der Waals surface area contributed by atoms with E-state index in [4.69, 9.17) is 0 Å². The van der Waals surface area contributed by atoms with Crippen LogP contribution in [0.3, 0.4) is 0 Å². The van der Waals surface area contributed by atoms with Crippen LogP contribution in [0.5, 0.6) is 0 Å². The zero-order chi connectivity index (χ0) is 20.6. The number of benzene rings is 2. The monoisotopic (exact) mass is 388 g/mol. The van der Waals surface area contributed by atoms with Crippen LogP contribution >= 0.6 is 0 Å². The Morgan fingerprint density at radius 3 is 2.32 bits per heavy atom. The van der Waals surface area contributed by atoms with E-state index in [2.05, 4.69) is 0 Å². The molecular weight excluding hydrogens is 373 g/mol. The van der Waals surface area contributed by atoms with Gasteiger partial charge in [-0.25, -0.2) is 9.69 Å². The molecule has 1 N–H and O–H groups in total. The summed E-state index contributed by atoms with van der Waals surface area (Å²) in [6.45, 7) is 3.66. The Bertz CT molecular complexity index is 1030. The maximum atomic E-state index is 12.9. The number of hydrogen-bond acceptors (Lipinski definition) is 3. The fourth-order valence-electron chi connectivity index (χ4n) is 2.73. The van der Waals surface area contributed by atoms with Crippen LogP contribution in [-0.4, -0.2) is 17.8 Å². The Hall–Kier alpha value is -3.42. The zero-order valence-electron chi connectivity index (χ0n) is 14.9. The molecule has 2 aromatic carbocycles. The van der Waals surface area contributed by atoms with Crippen molar-refractivity contribution in [1.82, 2.24) is 5.32 Å². The maximum absolute atomic E-state index is 12.9. The molecule has 1 aliphatic heterocycles. The number of urea groups is 1. The molecule has 4 amide bonds. The average Bonchev–Trinajstić information content (AvgIpc) is 2.61. The third kappa shape index (κ3) is 3.66. The lowest BCUT2D eigenvalue weighted by atomic mass is 10.0. The summed E-state index contributed by atoms with van der Waals surface area (Å²) in [6.07, 6.45) is -3.53. The minimum absolute atomic E-state index is 0.0164. The lowest BCUT2D eigenvalue weighted by Gasteiger charge is -2.26. The van der Waals surface area contributed by atoms with Crippen molar-refractivity contribution in [2.24, 2.45) is 0 Å². The van der Waals surface area contributed by atoms with E-state index >= 15 is 0 Å². The number of aryl methyl sites for hydroxylation is 2. The smallest absolute Gasteiger partial charge is 0.273 e. The van der Waals surface area contributed by atoms with Gasteiger partial charge in [0.05, 0.1) is 11.3 Å². The van der Waals surface area contributed by atoms with Gasteiger partial charge in [0.15, 0.2) is 0 Å². The molecule has 0 saturated carbocycles. The number of halogens is 3. The molecule has 1 aliphatic rings. The van der Waals surface area contributed by atoms with Crippen LogP contribution in [0.4, 0.5) is 23.7 Å². The first-order valence-electron chi connectivity index (χ1n) is 8.24. The predicted molar refractivity (Wildman–Crippen MR) is 96.4 cm³/mol. The molecule has 0 spiro atoms. The summed E-state index contributed by atoms with van der Waals surface area (Å²) < 4.78 is 38.7. The van der Waals surface area contributed by atoms with Crippen LogP contribution in [0.15, 0.2) is 48.0 Å². The number of carbonyl (C=O) groups is 3. The first kappa shape index (κ1) is 19.3. The van der Waals surface area contributed by atoms with Gasteiger partial charge >= 0.3 is 12.2 Å². The first-order valence-corrected chi connectivity index (χ1v) is 8.24. The molecule has 0 aliphatic carbocycles. The molecule has 1 fully saturated rings. The van der Waals surface area contributed by atoms with Gasteiger partial charge in [-0.3, -0.25) is 14.9 Å². The number of anilines is 1.